The van der Waals surface area contributed by atoms with Crippen molar-refractivity contribution < 1.29 is 0 Å². The standard InChI is InChI=1S/C32H17ClN8.ClH.In.3H/c33-23-15-7-14-22-24(23)32-40-30-21-13-6-5-12-20(21)28(38-30)36-26-17-9-2-1-8-16(17)25(34-26)35-27-18-10-3-4-11-19(18)29(37-27)39-31(22)41-32;;;;;/h1-15H,(H2,34,35,36,37,38,39,40,41);1H;;;;. The zero-order valence-electron chi connectivity index (χ0n) is 21.6. The maximum atomic E-state index is 6.73. The molecule has 11 heteroatoms. The molecular weight excluding hydrogens is 682 g/mol. The minimum absolute atomic E-state index is 0. The molecule has 0 radical (unpaired) electrons. The molecule has 0 amide bonds. The Morgan fingerprint density at radius 2 is 0.791 bits per heavy atom. The summed E-state index contributed by atoms with van der Waals surface area (Å²) in [6.07, 6.45) is 0. The molecular formula is C32H21Cl2InN8. The second-order valence-corrected chi connectivity index (χ2v) is 10.3. The van der Waals surface area contributed by atoms with Crippen LogP contribution in [0.2, 0.25) is 5.02 Å². The van der Waals surface area contributed by atoms with Crippen molar-refractivity contribution in [3.05, 3.63) is 96.0 Å². The molecule has 0 spiro atoms. The number of H-pyrrole nitrogens is 2. The summed E-state index contributed by atoms with van der Waals surface area (Å²) < 4.78 is 0. The van der Waals surface area contributed by atoms with Crippen LogP contribution in [0, 0.1) is 0 Å². The topological polar surface area (TPSA) is 109 Å². The van der Waals surface area contributed by atoms with Gasteiger partial charge in [0.15, 0.2) is 23.3 Å². The van der Waals surface area contributed by atoms with Gasteiger partial charge >= 0.3 is 25.8 Å². The van der Waals surface area contributed by atoms with E-state index in [4.69, 9.17) is 41.5 Å². The number of hydrogen-bond donors (Lipinski definition) is 2. The number of halogens is 2. The number of aromatic amines is 2. The van der Waals surface area contributed by atoms with Crippen LogP contribution < -0.4 is 0 Å². The van der Waals surface area contributed by atoms with Gasteiger partial charge in [0.1, 0.15) is 22.6 Å². The number of aromatic nitrogens is 8. The quantitative estimate of drug-likeness (QED) is 0.181. The van der Waals surface area contributed by atoms with Gasteiger partial charge in [0, 0.05) is 43.8 Å². The van der Waals surface area contributed by atoms with Gasteiger partial charge in [0.05, 0.1) is 5.02 Å². The Morgan fingerprint density at radius 3 is 1.28 bits per heavy atom. The van der Waals surface area contributed by atoms with Crippen LogP contribution in [0.15, 0.2) is 91.0 Å². The number of hydrogen-bond acceptors (Lipinski definition) is 6. The Hall–Kier alpha value is -4.31. The van der Waals surface area contributed by atoms with Crippen molar-refractivity contribution in [3.8, 4) is 45.6 Å². The van der Waals surface area contributed by atoms with Crippen molar-refractivity contribution in [1.82, 2.24) is 39.9 Å². The molecule has 3 aromatic heterocycles. The van der Waals surface area contributed by atoms with E-state index in [9.17, 15) is 0 Å². The molecule has 43 heavy (non-hydrogen) atoms. The first kappa shape index (κ1) is 27.5. The predicted molar refractivity (Wildman–Crippen MR) is 178 cm³/mol. The molecule has 7 aromatic rings. The summed E-state index contributed by atoms with van der Waals surface area (Å²) in [5, 5.41) is 4.05. The Labute approximate surface area is 273 Å². The van der Waals surface area contributed by atoms with Crippen LogP contribution in [-0.4, -0.2) is 65.7 Å². The van der Waals surface area contributed by atoms with Crippen molar-refractivity contribution in [2.45, 2.75) is 0 Å². The summed E-state index contributed by atoms with van der Waals surface area (Å²) >= 11 is 6.73. The van der Waals surface area contributed by atoms with E-state index in [1.165, 1.54) is 0 Å². The predicted octanol–water partition coefficient (Wildman–Crippen LogP) is 6.76. The van der Waals surface area contributed by atoms with Crippen molar-refractivity contribution in [2.75, 3.05) is 0 Å². The zero-order chi connectivity index (χ0) is 27.1. The van der Waals surface area contributed by atoms with Crippen molar-refractivity contribution >= 4 is 94.0 Å². The Morgan fingerprint density at radius 1 is 0.419 bits per heavy atom. The van der Waals surface area contributed by atoms with Crippen LogP contribution in [0.1, 0.15) is 0 Å². The van der Waals surface area contributed by atoms with Crippen LogP contribution in [0.3, 0.4) is 0 Å². The molecule has 8 bridgehead atoms. The summed E-state index contributed by atoms with van der Waals surface area (Å²) in [6.45, 7) is 0. The van der Waals surface area contributed by atoms with E-state index < -0.39 is 0 Å². The van der Waals surface area contributed by atoms with Crippen molar-refractivity contribution in [1.29, 1.82) is 0 Å². The van der Waals surface area contributed by atoms with Crippen LogP contribution in [0.25, 0.3) is 89.7 Å². The third kappa shape index (κ3) is 4.22. The van der Waals surface area contributed by atoms with Crippen molar-refractivity contribution in [3.63, 3.8) is 0 Å². The second-order valence-electron chi connectivity index (χ2n) is 9.91. The van der Waals surface area contributed by atoms with Crippen molar-refractivity contribution in [2.24, 2.45) is 0 Å². The van der Waals surface area contributed by atoms with Gasteiger partial charge in [0.25, 0.3) is 0 Å². The molecule has 8 nitrogen and oxygen atoms in total. The maximum absolute atomic E-state index is 6.73. The van der Waals surface area contributed by atoms with E-state index in [2.05, 4.69) is 9.97 Å². The fraction of sp³-hybridized carbons (Fsp3) is 0. The number of nitrogens with zero attached hydrogens (tertiary/aromatic N) is 6. The van der Waals surface area contributed by atoms with E-state index >= 15 is 0 Å². The molecule has 0 aliphatic carbocycles. The van der Waals surface area contributed by atoms with Gasteiger partial charge < -0.3 is 9.97 Å². The van der Waals surface area contributed by atoms with Gasteiger partial charge in [-0.15, -0.1) is 12.4 Å². The molecule has 0 atom stereocenters. The molecule has 0 saturated heterocycles. The second kappa shape index (κ2) is 10.4. The van der Waals surface area contributed by atoms with Gasteiger partial charge in [-0.2, -0.15) is 0 Å². The SMILES string of the molecule is Cl.Clc1cccc2c3nc4nc(nc5[nH]c(nc6nc(nc([nH]3)c12)-c1ccccc1-6)c1ccccc51)-c1ccccc1-4.[InH3]. The van der Waals surface area contributed by atoms with E-state index in [0.29, 0.717) is 50.9 Å². The van der Waals surface area contributed by atoms with E-state index in [1.54, 1.807) is 0 Å². The summed E-state index contributed by atoms with van der Waals surface area (Å²) in [7, 11) is 0. The molecule has 2 aliphatic rings. The summed E-state index contributed by atoms with van der Waals surface area (Å²) in [5.41, 5.74) is 6.09. The minimum atomic E-state index is 0. The molecule has 0 saturated carbocycles. The summed E-state index contributed by atoms with van der Waals surface area (Å²) in [4.78, 5) is 36.6. The molecule has 0 fully saturated rings. The molecule has 9 rings (SSSR count). The number of nitrogens with one attached hydrogen (secondary N) is 2. The third-order valence-electron chi connectivity index (χ3n) is 7.53. The third-order valence-corrected chi connectivity index (χ3v) is 7.84. The Bertz CT molecular complexity index is 2410. The van der Waals surface area contributed by atoms with E-state index in [0.717, 1.165) is 43.8 Å². The first-order valence-electron chi connectivity index (χ1n) is 13.1. The number of rotatable bonds is 0. The molecule has 2 N–H and O–H groups in total. The van der Waals surface area contributed by atoms with E-state index in [1.807, 2.05) is 91.0 Å². The van der Waals surface area contributed by atoms with Gasteiger partial charge in [-0.3, -0.25) is 0 Å². The summed E-state index contributed by atoms with van der Waals surface area (Å²) in [6, 6.07) is 29.7. The molecule has 206 valence electrons. The van der Waals surface area contributed by atoms with Crippen LogP contribution >= 0.6 is 24.0 Å². The first-order chi connectivity index (χ1) is 20.2. The normalized spacial score (nSPS) is 11.5. The fourth-order valence-corrected chi connectivity index (χ4v) is 5.91. The van der Waals surface area contributed by atoms with Gasteiger partial charge in [-0.05, 0) is 6.07 Å². The number of benzene rings is 4. The molecule has 0 unspecified atom stereocenters. The average molecular weight is 703 g/mol. The molecule has 5 heterocycles. The monoisotopic (exact) mass is 702 g/mol. The number of fused-ring (bicyclic) bond motifs is 20. The van der Waals surface area contributed by atoms with Gasteiger partial charge in [-0.1, -0.05) is 96.5 Å². The Kier molecular flexibility index (Phi) is 6.69. The summed E-state index contributed by atoms with van der Waals surface area (Å²) in [5.74, 6) is 2.24. The molecule has 2 aliphatic heterocycles. The van der Waals surface area contributed by atoms with Crippen LogP contribution in [0.4, 0.5) is 0 Å². The molecule has 4 aromatic carbocycles. The fourth-order valence-electron chi connectivity index (χ4n) is 5.65. The average Bonchev–Trinajstić information content (AvgIpc) is 3.73. The first-order valence-corrected chi connectivity index (χ1v) is 13.5. The zero-order valence-corrected chi connectivity index (χ0v) is 23.2. The van der Waals surface area contributed by atoms with E-state index in [-0.39, 0.29) is 38.3 Å². The van der Waals surface area contributed by atoms with Gasteiger partial charge in [-0.25, -0.2) is 29.9 Å². The van der Waals surface area contributed by atoms with Crippen LogP contribution in [-0.2, 0) is 0 Å². The Balaban J connectivity index is 0.00000150. The van der Waals surface area contributed by atoms with Crippen LogP contribution in [0.5, 0.6) is 0 Å². The van der Waals surface area contributed by atoms with Gasteiger partial charge in [0.2, 0.25) is 0 Å².